The van der Waals surface area contributed by atoms with Crippen molar-refractivity contribution in [3.05, 3.63) is 47.5 Å². The molecule has 80 valence electrons. The van der Waals surface area contributed by atoms with Crippen molar-refractivity contribution in [2.45, 2.75) is 38.2 Å². The van der Waals surface area contributed by atoms with Gasteiger partial charge in [-0.1, -0.05) is 36.4 Å². The zero-order valence-corrected chi connectivity index (χ0v) is 9.02. The van der Waals surface area contributed by atoms with E-state index in [2.05, 4.69) is 30.3 Å². The molecule has 1 N–H and O–H groups in total. The number of aliphatic hydroxyl groups excluding tert-OH is 1. The third kappa shape index (κ3) is 2.93. The van der Waals surface area contributed by atoms with E-state index in [0.29, 0.717) is 0 Å². The summed E-state index contributed by atoms with van der Waals surface area (Å²) < 4.78 is 0. The zero-order chi connectivity index (χ0) is 10.5. The number of rotatable bonds is 3. The second kappa shape index (κ2) is 5.13. The second-order valence-corrected chi connectivity index (χ2v) is 4.21. The van der Waals surface area contributed by atoms with Crippen molar-refractivity contribution < 1.29 is 5.11 Å². The van der Waals surface area contributed by atoms with Gasteiger partial charge in [-0.05, 0) is 43.2 Å². The fourth-order valence-corrected chi connectivity index (χ4v) is 2.16. The molecule has 0 aromatic heterocycles. The molecule has 0 bridgehead atoms. The summed E-state index contributed by atoms with van der Waals surface area (Å²) in [6.45, 7) is 0. The summed E-state index contributed by atoms with van der Waals surface area (Å²) in [5.74, 6) is 0. The minimum atomic E-state index is -0.152. The van der Waals surface area contributed by atoms with E-state index in [9.17, 15) is 5.11 Å². The van der Waals surface area contributed by atoms with Gasteiger partial charge >= 0.3 is 0 Å². The van der Waals surface area contributed by atoms with Gasteiger partial charge in [0.05, 0.1) is 6.10 Å². The number of aryl methyl sites for hydroxylation is 1. The van der Waals surface area contributed by atoms with Crippen LogP contribution in [0.25, 0.3) is 0 Å². The number of benzene rings is 1. The summed E-state index contributed by atoms with van der Waals surface area (Å²) in [4.78, 5) is 0. The molecule has 1 aromatic rings. The second-order valence-electron chi connectivity index (χ2n) is 4.21. The molecule has 0 saturated heterocycles. The first kappa shape index (κ1) is 10.4. The van der Waals surface area contributed by atoms with Gasteiger partial charge in [-0.3, -0.25) is 0 Å². The highest BCUT2D eigenvalue weighted by atomic mass is 16.3. The van der Waals surface area contributed by atoms with Crippen molar-refractivity contribution in [3.63, 3.8) is 0 Å². The summed E-state index contributed by atoms with van der Waals surface area (Å²) in [7, 11) is 0. The highest BCUT2D eigenvalue weighted by Crippen LogP contribution is 2.25. The van der Waals surface area contributed by atoms with E-state index >= 15 is 0 Å². The molecule has 0 radical (unpaired) electrons. The van der Waals surface area contributed by atoms with Crippen molar-refractivity contribution >= 4 is 0 Å². The van der Waals surface area contributed by atoms with Gasteiger partial charge in [-0.2, -0.15) is 0 Å². The molecule has 0 aliphatic heterocycles. The molecule has 1 aromatic carbocycles. The Bertz CT molecular complexity index is 326. The lowest BCUT2D eigenvalue weighted by Crippen LogP contribution is -2.01. The van der Waals surface area contributed by atoms with Crippen LogP contribution in [0, 0.1) is 0 Å². The predicted octanol–water partition coefficient (Wildman–Crippen LogP) is 3.09. The average Bonchev–Trinajstić information content (AvgIpc) is 2.66. The Hall–Kier alpha value is -1.08. The molecule has 15 heavy (non-hydrogen) atoms. The minimum absolute atomic E-state index is 0.152. The van der Waals surface area contributed by atoms with E-state index < -0.39 is 0 Å². The molecule has 1 saturated carbocycles. The molecule has 1 aliphatic carbocycles. The van der Waals surface area contributed by atoms with Gasteiger partial charge < -0.3 is 5.11 Å². The quantitative estimate of drug-likeness (QED) is 0.747. The highest BCUT2D eigenvalue weighted by Gasteiger charge is 2.16. The van der Waals surface area contributed by atoms with Gasteiger partial charge in [0.25, 0.3) is 0 Å². The van der Waals surface area contributed by atoms with Gasteiger partial charge in [0.1, 0.15) is 0 Å². The molecule has 0 spiro atoms. The zero-order valence-electron chi connectivity index (χ0n) is 9.02. The molecule has 1 heteroatoms. The maximum atomic E-state index is 9.62. The third-order valence-corrected chi connectivity index (χ3v) is 3.05. The molecule has 0 amide bonds. The minimum Gasteiger partial charge on any atom is -0.389 e. The first-order valence-corrected chi connectivity index (χ1v) is 5.77. The average molecular weight is 202 g/mol. The molecule has 0 heterocycles. The van der Waals surface area contributed by atoms with Gasteiger partial charge in [0, 0.05) is 0 Å². The van der Waals surface area contributed by atoms with E-state index in [1.54, 1.807) is 0 Å². The van der Waals surface area contributed by atoms with Crippen LogP contribution in [0.1, 0.15) is 31.2 Å². The largest absolute Gasteiger partial charge is 0.389 e. The maximum Gasteiger partial charge on any atom is 0.0750 e. The van der Waals surface area contributed by atoms with Crippen LogP contribution in [0.5, 0.6) is 0 Å². The Kier molecular flexibility index (Phi) is 3.57. The fourth-order valence-electron chi connectivity index (χ4n) is 2.16. The van der Waals surface area contributed by atoms with E-state index in [1.165, 1.54) is 11.1 Å². The third-order valence-electron chi connectivity index (χ3n) is 3.05. The van der Waals surface area contributed by atoms with Crippen molar-refractivity contribution in [1.29, 1.82) is 0 Å². The fraction of sp³-hybridized carbons (Fsp3) is 0.429. The Morgan fingerprint density at radius 3 is 2.73 bits per heavy atom. The molecule has 1 fully saturated rings. The van der Waals surface area contributed by atoms with E-state index in [-0.39, 0.29) is 6.10 Å². The molecule has 1 aliphatic rings. The molecule has 2 rings (SSSR count). The van der Waals surface area contributed by atoms with Crippen LogP contribution in [0.15, 0.2) is 42.0 Å². The van der Waals surface area contributed by atoms with E-state index in [0.717, 1.165) is 32.1 Å². The summed E-state index contributed by atoms with van der Waals surface area (Å²) in [5.41, 5.74) is 2.63. The Morgan fingerprint density at radius 1 is 1.27 bits per heavy atom. The van der Waals surface area contributed by atoms with Crippen LogP contribution in [0.2, 0.25) is 0 Å². The molecule has 1 atom stereocenters. The Labute approximate surface area is 91.4 Å². The lowest BCUT2D eigenvalue weighted by Gasteiger charge is -2.03. The highest BCUT2D eigenvalue weighted by molar-refractivity contribution is 5.17. The van der Waals surface area contributed by atoms with Crippen LogP contribution in [0.3, 0.4) is 0 Å². The summed E-state index contributed by atoms with van der Waals surface area (Å²) >= 11 is 0. The van der Waals surface area contributed by atoms with Crippen molar-refractivity contribution in [2.75, 3.05) is 0 Å². The van der Waals surface area contributed by atoms with Gasteiger partial charge in [-0.15, -0.1) is 0 Å². The smallest absolute Gasteiger partial charge is 0.0750 e. The summed E-state index contributed by atoms with van der Waals surface area (Å²) in [5, 5.41) is 9.62. The maximum absolute atomic E-state index is 9.62. The Morgan fingerprint density at radius 2 is 2.07 bits per heavy atom. The Balaban J connectivity index is 1.84. The van der Waals surface area contributed by atoms with Gasteiger partial charge in [0.15, 0.2) is 0 Å². The standard InChI is InChI=1S/C14H18O/c15-14-11-5-10-13(14)9-4-8-12-6-2-1-3-7-12/h1-3,6-7,9,14-15H,4-5,8,10-11H2/b13-9+. The lowest BCUT2D eigenvalue weighted by molar-refractivity contribution is 0.217. The summed E-state index contributed by atoms with van der Waals surface area (Å²) in [6.07, 6.45) is 7.41. The SMILES string of the molecule is OC1CCC/C1=C\CCc1ccccc1. The first-order valence-electron chi connectivity index (χ1n) is 5.77. The molecular formula is C14H18O. The number of aliphatic hydroxyl groups is 1. The van der Waals surface area contributed by atoms with Crippen LogP contribution < -0.4 is 0 Å². The van der Waals surface area contributed by atoms with Crippen molar-refractivity contribution in [1.82, 2.24) is 0 Å². The van der Waals surface area contributed by atoms with E-state index in [1.807, 2.05) is 6.07 Å². The number of hydrogen-bond acceptors (Lipinski definition) is 1. The number of allylic oxidation sites excluding steroid dienone is 1. The van der Waals surface area contributed by atoms with Crippen LogP contribution >= 0.6 is 0 Å². The molecule has 1 nitrogen and oxygen atoms in total. The molecular weight excluding hydrogens is 184 g/mol. The molecule has 1 unspecified atom stereocenters. The topological polar surface area (TPSA) is 20.2 Å². The van der Waals surface area contributed by atoms with Gasteiger partial charge in [0.2, 0.25) is 0 Å². The normalized spacial score (nSPS) is 23.5. The van der Waals surface area contributed by atoms with Crippen LogP contribution in [0.4, 0.5) is 0 Å². The van der Waals surface area contributed by atoms with Crippen LogP contribution in [-0.2, 0) is 6.42 Å². The predicted molar refractivity (Wildman–Crippen MR) is 62.7 cm³/mol. The van der Waals surface area contributed by atoms with Crippen molar-refractivity contribution in [3.8, 4) is 0 Å². The monoisotopic (exact) mass is 202 g/mol. The number of hydrogen-bond donors (Lipinski definition) is 1. The summed E-state index contributed by atoms with van der Waals surface area (Å²) in [6, 6.07) is 10.5. The van der Waals surface area contributed by atoms with Crippen molar-refractivity contribution in [2.24, 2.45) is 0 Å². The van der Waals surface area contributed by atoms with Gasteiger partial charge in [-0.25, -0.2) is 0 Å². The van der Waals surface area contributed by atoms with E-state index in [4.69, 9.17) is 0 Å². The first-order chi connectivity index (χ1) is 7.36. The lowest BCUT2D eigenvalue weighted by atomic mass is 10.1. The van der Waals surface area contributed by atoms with Crippen LogP contribution in [-0.4, -0.2) is 11.2 Å².